The molecule has 5 rings (SSSR count). The van der Waals surface area contributed by atoms with Gasteiger partial charge < -0.3 is 4.98 Å². The summed E-state index contributed by atoms with van der Waals surface area (Å²) in [4.78, 5) is 11.8. The number of fused-ring (bicyclic) bond motifs is 3. The van der Waals surface area contributed by atoms with Gasteiger partial charge in [0, 0.05) is 40.8 Å². The molecule has 0 amide bonds. The molecule has 0 spiro atoms. The molecule has 136 valence electrons. The maximum atomic E-state index is 13.5. The number of H-pyrrole nitrogens is 1. The minimum absolute atomic E-state index is 0.0872. The van der Waals surface area contributed by atoms with E-state index >= 15 is 0 Å². The number of aromatic amines is 1. The molecular weight excluding hydrogens is 357 g/mol. The van der Waals surface area contributed by atoms with Crippen molar-refractivity contribution in [2.24, 2.45) is 0 Å². The van der Waals surface area contributed by atoms with E-state index in [4.69, 9.17) is 0 Å². The summed E-state index contributed by atoms with van der Waals surface area (Å²) in [5.41, 5.74) is 4.90. The van der Waals surface area contributed by atoms with E-state index in [9.17, 15) is 4.39 Å². The van der Waals surface area contributed by atoms with Crippen LogP contribution in [-0.4, -0.2) is 21.4 Å². The van der Waals surface area contributed by atoms with E-state index in [-0.39, 0.29) is 11.9 Å². The van der Waals surface area contributed by atoms with Gasteiger partial charge in [0.2, 0.25) is 0 Å². The summed E-state index contributed by atoms with van der Waals surface area (Å²) < 4.78 is 13.5. The number of rotatable bonds is 3. The smallest absolute Gasteiger partial charge is 0.123 e. The van der Waals surface area contributed by atoms with Gasteiger partial charge in [-0.25, -0.2) is 9.37 Å². The number of nitrogens with zero attached hydrogens (tertiary/aromatic N) is 2. The van der Waals surface area contributed by atoms with E-state index in [1.807, 2.05) is 25.3 Å². The lowest BCUT2D eigenvalue weighted by Crippen LogP contribution is -2.35. The van der Waals surface area contributed by atoms with Gasteiger partial charge in [0.25, 0.3) is 0 Å². The van der Waals surface area contributed by atoms with Gasteiger partial charge in [-0.2, -0.15) is 0 Å². The molecule has 1 aliphatic heterocycles. The van der Waals surface area contributed by atoms with Gasteiger partial charge in [0.15, 0.2) is 0 Å². The Morgan fingerprint density at radius 1 is 1.19 bits per heavy atom. The highest BCUT2D eigenvalue weighted by Gasteiger charge is 2.31. The van der Waals surface area contributed by atoms with Gasteiger partial charge >= 0.3 is 0 Å². The Morgan fingerprint density at radius 3 is 2.78 bits per heavy atom. The molecule has 4 aromatic rings. The van der Waals surface area contributed by atoms with E-state index in [1.165, 1.54) is 27.0 Å². The van der Waals surface area contributed by atoms with Crippen LogP contribution in [0.5, 0.6) is 0 Å². The van der Waals surface area contributed by atoms with Gasteiger partial charge in [0.1, 0.15) is 5.82 Å². The number of hydrogen-bond donors (Lipinski definition) is 1. The molecule has 27 heavy (non-hydrogen) atoms. The SMILES string of the molecule is Cc1ncc(CN2CCc3c([nH]c4ccccc34)C2c2ccc(F)cc2)s1. The Labute approximate surface area is 161 Å². The fourth-order valence-electron chi connectivity index (χ4n) is 4.16. The van der Waals surface area contributed by atoms with Crippen molar-refractivity contribution in [3.63, 3.8) is 0 Å². The monoisotopic (exact) mass is 377 g/mol. The number of halogens is 1. The molecule has 1 unspecified atom stereocenters. The van der Waals surface area contributed by atoms with E-state index in [1.54, 1.807) is 23.5 Å². The Balaban J connectivity index is 1.62. The molecule has 1 aliphatic rings. The van der Waals surface area contributed by atoms with E-state index in [0.29, 0.717) is 0 Å². The van der Waals surface area contributed by atoms with Crippen LogP contribution in [0.15, 0.2) is 54.7 Å². The Kier molecular flexibility index (Phi) is 4.06. The number of aromatic nitrogens is 2. The lowest BCUT2D eigenvalue weighted by molar-refractivity contribution is 0.203. The summed E-state index contributed by atoms with van der Waals surface area (Å²) in [6.07, 6.45) is 2.98. The quantitative estimate of drug-likeness (QED) is 0.531. The molecule has 0 saturated carbocycles. The molecule has 2 aromatic heterocycles. The van der Waals surface area contributed by atoms with Crippen molar-refractivity contribution in [3.8, 4) is 0 Å². The van der Waals surface area contributed by atoms with Gasteiger partial charge in [0.05, 0.1) is 11.0 Å². The van der Waals surface area contributed by atoms with Crippen molar-refractivity contribution < 1.29 is 4.39 Å². The Morgan fingerprint density at radius 2 is 2.00 bits per heavy atom. The minimum atomic E-state index is -0.198. The Bertz CT molecular complexity index is 1100. The summed E-state index contributed by atoms with van der Waals surface area (Å²) in [7, 11) is 0. The van der Waals surface area contributed by atoms with Crippen molar-refractivity contribution in [2.75, 3.05) is 6.54 Å². The maximum Gasteiger partial charge on any atom is 0.123 e. The summed E-state index contributed by atoms with van der Waals surface area (Å²) in [5.74, 6) is -0.198. The van der Waals surface area contributed by atoms with Gasteiger partial charge in [-0.3, -0.25) is 4.90 Å². The van der Waals surface area contributed by atoms with E-state index in [0.717, 1.165) is 30.1 Å². The van der Waals surface area contributed by atoms with Crippen LogP contribution >= 0.6 is 11.3 Å². The van der Waals surface area contributed by atoms with Gasteiger partial charge in [-0.05, 0) is 42.7 Å². The molecule has 2 aromatic carbocycles. The fraction of sp³-hybridized carbons (Fsp3) is 0.227. The molecule has 1 N–H and O–H groups in total. The number of hydrogen-bond acceptors (Lipinski definition) is 3. The molecule has 5 heteroatoms. The predicted molar refractivity (Wildman–Crippen MR) is 108 cm³/mol. The third-order valence-corrected chi connectivity index (χ3v) is 6.25. The van der Waals surface area contributed by atoms with Crippen LogP contribution in [-0.2, 0) is 13.0 Å². The number of aryl methyl sites for hydroxylation is 1. The summed E-state index contributed by atoms with van der Waals surface area (Å²) >= 11 is 1.74. The van der Waals surface area contributed by atoms with Gasteiger partial charge in [-0.1, -0.05) is 30.3 Å². The molecular formula is C22H20FN3S. The highest BCUT2D eigenvalue weighted by Crippen LogP contribution is 2.39. The first-order valence-corrected chi connectivity index (χ1v) is 10.0. The van der Waals surface area contributed by atoms with Crippen molar-refractivity contribution >= 4 is 22.2 Å². The second kappa shape index (κ2) is 6.59. The summed E-state index contributed by atoms with van der Waals surface area (Å²) in [6, 6.07) is 15.5. The average Bonchev–Trinajstić information content (AvgIpc) is 3.25. The maximum absolute atomic E-state index is 13.5. The molecule has 0 bridgehead atoms. The third kappa shape index (κ3) is 2.97. The lowest BCUT2D eigenvalue weighted by atomic mass is 9.92. The third-order valence-electron chi connectivity index (χ3n) is 5.35. The summed E-state index contributed by atoms with van der Waals surface area (Å²) in [6.45, 7) is 3.85. The zero-order valence-corrected chi connectivity index (χ0v) is 15.9. The van der Waals surface area contributed by atoms with E-state index < -0.39 is 0 Å². The largest absolute Gasteiger partial charge is 0.357 e. The average molecular weight is 377 g/mol. The molecule has 0 saturated heterocycles. The number of nitrogens with one attached hydrogen (secondary N) is 1. The van der Waals surface area contributed by atoms with Crippen molar-refractivity contribution in [3.05, 3.63) is 87.3 Å². The molecule has 0 aliphatic carbocycles. The van der Waals surface area contributed by atoms with Crippen molar-refractivity contribution in [1.29, 1.82) is 0 Å². The number of benzene rings is 2. The molecule has 3 heterocycles. The normalized spacial score (nSPS) is 17.3. The van der Waals surface area contributed by atoms with Crippen LogP contribution in [0.4, 0.5) is 4.39 Å². The first-order chi connectivity index (χ1) is 13.2. The van der Waals surface area contributed by atoms with Crippen molar-refractivity contribution in [1.82, 2.24) is 14.9 Å². The highest BCUT2D eigenvalue weighted by molar-refractivity contribution is 7.11. The summed E-state index contributed by atoms with van der Waals surface area (Å²) in [5, 5.41) is 2.39. The standard InChI is InChI=1S/C22H20FN3S/c1-14-24-12-17(27-14)13-26-11-10-19-18-4-2-3-5-20(18)25-21(19)22(26)15-6-8-16(23)9-7-15/h2-9,12,22,25H,10-11,13H2,1H3. The molecule has 0 fully saturated rings. The van der Waals surface area contributed by atoms with Crippen LogP contribution < -0.4 is 0 Å². The number of thiazole rings is 1. The lowest BCUT2D eigenvalue weighted by Gasteiger charge is -2.36. The number of para-hydroxylation sites is 1. The second-order valence-electron chi connectivity index (χ2n) is 7.08. The zero-order valence-electron chi connectivity index (χ0n) is 15.1. The van der Waals surface area contributed by atoms with Crippen LogP contribution in [0.1, 0.15) is 32.7 Å². The molecule has 1 atom stereocenters. The zero-order chi connectivity index (χ0) is 18.4. The van der Waals surface area contributed by atoms with Crippen LogP contribution in [0, 0.1) is 12.7 Å². The molecule has 0 radical (unpaired) electrons. The predicted octanol–water partition coefficient (Wildman–Crippen LogP) is 5.22. The molecule has 3 nitrogen and oxygen atoms in total. The first kappa shape index (κ1) is 16.7. The second-order valence-corrected chi connectivity index (χ2v) is 8.40. The topological polar surface area (TPSA) is 31.9 Å². The van der Waals surface area contributed by atoms with Crippen LogP contribution in [0.3, 0.4) is 0 Å². The Hall–Kier alpha value is -2.50. The van der Waals surface area contributed by atoms with Crippen LogP contribution in [0.25, 0.3) is 10.9 Å². The van der Waals surface area contributed by atoms with Crippen LogP contribution in [0.2, 0.25) is 0 Å². The fourth-order valence-corrected chi connectivity index (χ4v) is 4.98. The first-order valence-electron chi connectivity index (χ1n) is 9.19. The van der Waals surface area contributed by atoms with E-state index in [2.05, 4.69) is 39.1 Å². The van der Waals surface area contributed by atoms with Gasteiger partial charge in [-0.15, -0.1) is 11.3 Å². The minimum Gasteiger partial charge on any atom is -0.357 e. The highest BCUT2D eigenvalue weighted by atomic mass is 32.1. The van der Waals surface area contributed by atoms with Crippen molar-refractivity contribution in [2.45, 2.75) is 25.9 Å².